The topological polar surface area (TPSA) is 46.5 Å². The molecule has 0 aromatic heterocycles. The molecule has 0 bridgehead atoms. The number of aliphatic carboxylic acids is 1. The zero-order valence-corrected chi connectivity index (χ0v) is 10.3. The molecule has 0 amide bonds. The molecule has 0 aromatic carbocycles. The molecule has 0 saturated heterocycles. The summed E-state index contributed by atoms with van der Waals surface area (Å²) in [5.74, 6) is 0.917. The average molecular weight is 196 g/mol. The molecule has 1 N–H and O–H groups in total. The van der Waals surface area contributed by atoms with Gasteiger partial charge in [-0.25, -0.2) is 4.79 Å². The van der Waals surface area contributed by atoms with Gasteiger partial charge in [0.1, 0.15) is 6.61 Å². The first-order chi connectivity index (χ1) is 5.86. The number of carboxylic acids is 1. The Morgan fingerprint density at radius 1 is 1.36 bits per heavy atom. The Morgan fingerprint density at radius 3 is 1.93 bits per heavy atom. The van der Waals surface area contributed by atoms with Gasteiger partial charge in [0.05, 0.1) is 0 Å². The second kappa shape index (κ2) is 13.0. The predicted molar refractivity (Wildman–Crippen MR) is 53.6 cm³/mol. The molecular weight excluding hydrogens is 175 g/mol. The molecule has 0 aliphatic heterocycles. The summed E-state index contributed by atoms with van der Waals surface area (Å²) in [5.41, 5.74) is 0. The molecule has 14 heavy (non-hydrogen) atoms. The van der Waals surface area contributed by atoms with Crippen LogP contribution in [-0.2, 0) is 9.53 Å². The second-order valence-electron chi connectivity index (χ2n) is 3.80. The number of rotatable bonds is 4. The van der Waals surface area contributed by atoms with Crippen LogP contribution >= 0.6 is 0 Å². The average Bonchev–Trinajstić information content (AvgIpc) is 1.83. The largest absolute Gasteiger partial charge is 1.00 e. The number of hydrogen-bond donors (Lipinski definition) is 1. The summed E-state index contributed by atoms with van der Waals surface area (Å²) in [6.07, 6.45) is 0. The van der Waals surface area contributed by atoms with E-state index < -0.39 is 5.97 Å². The molecule has 0 heterocycles. The Kier molecular flexibility index (Phi) is 18.2. The van der Waals surface area contributed by atoms with Gasteiger partial charge in [0, 0.05) is 6.61 Å². The van der Waals surface area contributed by atoms with E-state index in [-0.39, 0.29) is 25.5 Å². The fourth-order valence-corrected chi connectivity index (χ4v) is 0.382. The Hall–Kier alpha value is 0.0274. The molecule has 0 fully saturated rings. The van der Waals surface area contributed by atoms with E-state index in [2.05, 4.69) is 20.8 Å². The standard InChI is InChI=1S/C6H12O3.C4H9.Li/c1-5(2)3-9-4-6(7)8;1-4(2)3;/h5H,3-4H2,1-2H3,(H,7,8);1-3H3;/q;-1;+1. The Balaban J connectivity index is -0.000000209. The molecule has 0 saturated carbocycles. The monoisotopic (exact) mass is 196 g/mol. The summed E-state index contributed by atoms with van der Waals surface area (Å²) in [5, 5.41) is 8.10. The zero-order chi connectivity index (χ0) is 10.9. The Bertz CT molecular complexity index is 122. The molecule has 0 aliphatic carbocycles. The van der Waals surface area contributed by atoms with E-state index in [4.69, 9.17) is 9.84 Å². The van der Waals surface area contributed by atoms with E-state index in [1.54, 1.807) is 0 Å². The maximum atomic E-state index is 9.86. The van der Waals surface area contributed by atoms with E-state index in [9.17, 15) is 4.79 Å². The van der Waals surface area contributed by atoms with Gasteiger partial charge in [-0.2, -0.15) is 20.8 Å². The van der Waals surface area contributed by atoms with E-state index >= 15 is 0 Å². The smallest absolute Gasteiger partial charge is 0.480 e. The quantitative estimate of drug-likeness (QED) is 0.481. The molecule has 0 unspecified atom stereocenters. The van der Waals surface area contributed by atoms with Crippen molar-refractivity contribution in [3.63, 3.8) is 0 Å². The van der Waals surface area contributed by atoms with Crippen molar-refractivity contribution in [2.45, 2.75) is 34.6 Å². The summed E-state index contributed by atoms with van der Waals surface area (Å²) in [6.45, 7) is 10.5. The van der Waals surface area contributed by atoms with Crippen LogP contribution in [0.25, 0.3) is 0 Å². The third kappa shape index (κ3) is 40.3. The van der Waals surface area contributed by atoms with E-state index in [0.717, 1.165) is 0 Å². The summed E-state index contributed by atoms with van der Waals surface area (Å²) >= 11 is 0. The van der Waals surface area contributed by atoms with Gasteiger partial charge < -0.3 is 15.8 Å². The van der Waals surface area contributed by atoms with Crippen molar-refractivity contribution >= 4 is 5.97 Å². The van der Waals surface area contributed by atoms with Crippen LogP contribution in [-0.4, -0.2) is 24.3 Å². The maximum Gasteiger partial charge on any atom is 1.00 e. The first-order valence-corrected chi connectivity index (χ1v) is 4.42. The third-order valence-electron chi connectivity index (χ3n) is 0.677. The summed E-state index contributed by atoms with van der Waals surface area (Å²) < 4.78 is 4.76. The van der Waals surface area contributed by atoms with E-state index in [1.807, 2.05) is 13.8 Å². The van der Waals surface area contributed by atoms with Crippen LogP contribution in [0.2, 0.25) is 0 Å². The van der Waals surface area contributed by atoms with Gasteiger partial charge in [-0.1, -0.05) is 13.8 Å². The van der Waals surface area contributed by atoms with E-state index in [0.29, 0.717) is 12.5 Å². The number of hydrogen-bond acceptors (Lipinski definition) is 2. The first-order valence-electron chi connectivity index (χ1n) is 4.42. The fraction of sp³-hybridized carbons (Fsp3) is 0.800. The molecular formula is C10H21LiO3. The van der Waals surface area contributed by atoms with Gasteiger partial charge in [-0.15, -0.1) is 0 Å². The normalized spacial score (nSPS) is 9.07. The van der Waals surface area contributed by atoms with Crippen LogP contribution < -0.4 is 18.9 Å². The predicted octanol–water partition coefficient (Wildman–Crippen LogP) is -0.632. The van der Waals surface area contributed by atoms with E-state index in [1.165, 1.54) is 5.92 Å². The van der Waals surface area contributed by atoms with Crippen molar-refractivity contribution in [1.29, 1.82) is 0 Å². The number of carboxylic acid groups (broad SMARTS) is 1. The number of carbonyl (C=O) groups is 1. The molecule has 0 aromatic rings. The molecule has 3 nitrogen and oxygen atoms in total. The summed E-state index contributed by atoms with van der Waals surface area (Å²) in [6, 6.07) is 0. The van der Waals surface area contributed by atoms with Crippen molar-refractivity contribution in [2.75, 3.05) is 13.2 Å². The molecule has 80 valence electrons. The van der Waals surface area contributed by atoms with Gasteiger partial charge in [0.2, 0.25) is 0 Å². The van der Waals surface area contributed by atoms with Gasteiger partial charge in [0.15, 0.2) is 0 Å². The molecule has 0 rings (SSSR count). The maximum absolute atomic E-state index is 9.86. The Labute approximate surface area is 99.4 Å². The van der Waals surface area contributed by atoms with Crippen molar-refractivity contribution in [2.24, 2.45) is 5.92 Å². The first kappa shape index (κ1) is 19.6. The minimum absolute atomic E-state index is 0. The second-order valence-corrected chi connectivity index (χ2v) is 3.80. The van der Waals surface area contributed by atoms with Gasteiger partial charge in [-0.3, -0.25) is 0 Å². The van der Waals surface area contributed by atoms with Crippen molar-refractivity contribution in [3.05, 3.63) is 5.92 Å². The molecule has 0 atom stereocenters. The summed E-state index contributed by atoms with van der Waals surface area (Å²) in [7, 11) is 0. The third-order valence-corrected chi connectivity index (χ3v) is 0.677. The van der Waals surface area contributed by atoms with Crippen molar-refractivity contribution in [3.8, 4) is 0 Å². The van der Waals surface area contributed by atoms with Crippen LogP contribution in [0, 0.1) is 11.8 Å². The molecule has 0 radical (unpaired) electrons. The number of ether oxygens (including phenoxy) is 1. The van der Waals surface area contributed by atoms with Crippen LogP contribution in [0.15, 0.2) is 0 Å². The van der Waals surface area contributed by atoms with Crippen LogP contribution in [0.5, 0.6) is 0 Å². The van der Waals surface area contributed by atoms with Crippen LogP contribution in [0.1, 0.15) is 34.6 Å². The molecule has 4 heteroatoms. The minimum atomic E-state index is -0.907. The van der Waals surface area contributed by atoms with Crippen molar-refractivity contribution in [1.82, 2.24) is 0 Å². The molecule has 0 spiro atoms. The van der Waals surface area contributed by atoms with Gasteiger partial charge in [0.25, 0.3) is 0 Å². The van der Waals surface area contributed by atoms with Gasteiger partial charge >= 0.3 is 24.8 Å². The molecule has 0 aliphatic rings. The Morgan fingerprint density at radius 2 is 1.71 bits per heavy atom. The van der Waals surface area contributed by atoms with Crippen LogP contribution in [0.3, 0.4) is 0 Å². The van der Waals surface area contributed by atoms with Crippen molar-refractivity contribution < 1.29 is 33.5 Å². The SMILES string of the molecule is CC(C)COCC(=O)O.C[C-](C)C.[Li+]. The van der Waals surface area contributed by atoms with Crippen LogP contribution in [0.4, 0.5) is 0 Å². The van der Waals surface area contributed by atoms with Gasteiger partial charge in [-0.05, 0) is 5.92 Å². The summed E-state index contributed by atoms with van der Waals surface area (Å²) in [4.78, 5) is 9.86. The fourth-order valence-electron chi connectivity index (χ4n) is 0.382. The zero-order valence-electron chi connectivity index (χ0n) is 10.3. The minimum Gasteiger partial charge on any atom is -0.480 e.